The summed E-state index contributed by atoms with van der Waals surface area (Å²) in [4.78, 5) is 22.3. The number of carbonyl (C=O) groups excluding carboxylic acids is 1. The quantitative estimate of drug-likeness (QED) is 0.848. The summed E-state index contributed by atoms with van der Waals surface area (Å²) in [5, 5.41) is 10.9. The molecule has 0 aliphatic rings. The molecule has 0 aliphatic heterocycles. The number of hydrogen-bond acceptors (Lipinski definition) is 3. The highest BCUT2D eigenvalue weighted by Gasteiger charge is 2.14. The van der Waals surface area contributed by atoms with Gasteiger partial charge in [-0.1, -0.05) is 6.07 Å². The zero-order valence-corrected chi connectivity index (χ0v) is 11.1. The van der Waals surface area contributed by atoms with Gasteiger partial charge in [0.2, 0.25) is 0 Å². The summed E-state index contributed by atoms with van der Waals surface area (Å²) >= 11 is 0. The van der Waals surface area contributed by atoms with Crippen molar-refractivity contribution in [1.82, 2.24) is 0 Å². The molecule has 5 nitrogen and oxygen atoms in total. The van der Waals surface area contributed by atoms with Crippen molar-refractivity contribution in [2.24, 2.45) is 0 Å². The lowest BCUT2D eigenvalue weighted by Gasteiger charge is -2.06. The maximum atomic E-state index is 13.9. The van der Waals surface area contributed by atoms with Gasteiger partial charge in [0.1, 0.15) is 5.82 Å². The van der Waals surface area contributed by atoms with Crippen LogP contribution in [0.5, 0.6) is 0 Å². The Bertz CT molecular complexity index is 718. The van der Waals surface area contributed by atoms with Gasteiger partial charge in [-0.3, -0.25) is 4.79 Å². The van der Waals surface area contributed by atoms with Crippen LogP contribution in [-0.4, -0.2) is 17.0 Å². The maximum Gasteiger partial charge on any atom is 0.328 e. The first-order valence-corrected chi connectivity index (χ1v) is 6.03. The molecule has 2 N–H and O–H groups in total. The number of halogens is 1. The Kier molecular flexibility index (Phi) is 4.18. The van der Waals surface area contributed by atoms with Crippen molar-refractivity contribution in [2.75, 3.05) is 5.32 Å². The van der Waals surface area contributed by atoms with Crippen LogP contribution in [0.1, 0.15) is 21.7 Å². The van der Waals surface area contributed by atoms with E-state index in [4.69, 9.17) is 9.52 Å². The van der Waals surface area contributed by atoms with E-state index in [0.717, 1.165) is 12.1 Å². The Labute approximate surface area is 119 Å². The van der Waals surface area contributed by atoms with E-state index in [1.807, 2.05) is 0 Å². The molecule has 1 aromatic carbocycles. The van der Waals surface area contributed by atoms with Crippen LogP contribution in [0.3, 0.4) is 0 Å². The first-order valence-electron chi connectivity index (χ1n) is 6.03. The number of carboxylic acid groups (broad SMARTS) is 1. The Morgan fingerprint density at radius 2 is 2.10 bits per heavy atom. The SMILES string of the molecule is Cc1ccoc1C(=O)Nc1ccc(C=CC(=O)O)cc1F. The van der Waals surface area contributed by atoms with Crippen molar-refractivity contribution in [3.05, 3.63) is 59.3 Å². The number of carboxylic acids is 1. The number of nitrogens with one attached hydrogen (secondary N) is 1. The molecule has 0 atom stereocenters. The van der Waals surface area contributed by atoms with Crippen LogP contribution >= 0.6 is 0 Å². The number of rotatable bonds is 4. The smallest absolute Gasteiger partial charge is 0.328 e. The second-order valence-corrected chi connectivity index (χ2v) is 4.30. The predicted molar refractivity (Wildman–Crippen MR) is 74.5 cm³/mol. The van der Waals surface area contributed by atoms with Gasteiger partial charge in [0, 0.05) is 11.6 Å². The van der Waals surface area contributed by atoms with Crippen molar-refractivity contribution in [3.8, 4) is 0 Å². The van der Waals surface area contributed by atoms with Crippen LogP contribution < -0.4 is 5.32 Å². The number of aryl methyl sites for hydroxylation is 1. The summed E-state index contributed by atoms with van der Waals surface area (Å²) in [6.45, 7) is 1.70. The Balaban J connectivity index is 2.16. The van der Waals surface area contributed by atoms with Crippen LogP contribution in [0.4, 0.5) is 10.1 Å². The fourth-order valence-corrected chi connectivity index (χ4v) is 1.69. The molecule has 2 aromatic rings. The largest absolute Gasteiger partial charge is 0.478 e. The minimum absolute atomic E-state index is 0.0109. The molecule has 6 heteroatoms. The third-order valence-electron chi connectivity index (χ3n) is 2.73. The summed E-state index contributed by atoms with van der Waals surface area (Å²) < 4.78 is 18.9. The van der Waals surface area contributed by atoms with Gasteiger partial charge < -0.3 is 14.8 Å². The van der Waals surface area contributed by atoms with E-state index in [2.05, 4.69) is 5.32 Å². The molecular weight excluding hydrogens is 277 g/mol. The lowest BCUT2D eigenvalue weighted by atomic mass is 10.1. The minimum atomic E-state index is -1.12. The third-order valence-corrected chi connectivity index (χ3v) is 2.73. The maximum absolute atomic E-state index is 13.9. The molecule has 1 amide bonds. The highest BCUT2D eigenvalue weighted by molar-refractivity contribution is 6.03. The third kappa shape index (κ3) is 3.56. The standard InChI is InChI=1S/C15H12FNO4/c1-9-6-7-21-14(9)15(20)17-12-4-2-10(8-11(12)16)3-5-13(18)19/h2-8H,1H3,(H,17,20)(H,18,19). The summed E-state index contributed by atoms with van der Waals surface area (Å²) in [7, 11) is 0. The first-order chi connectivity index (χ1) is 9.97. The fraction of sp³-hybridized carbons (Fsp3) is 0.0667. The summed E-state index contributed by atoms with van der Waals surface area (Å²) in [5.41, 5.74) is 1.01. The molecule has 0 aliphatic carbocycles. The molecule has 0 saturated heterocycles. The number of anilines is 1. The van der Waals surface area contributed by atoms with Gasteiger partial charge in [0.05, 0.1) is 12.0 Å². The number of aliphatic carboxylic acids is 1. The second-order valence-electron chi connectivity index (χ2n) is 4.30. The van der Waals surface area contributed by atoms with Gasteiger partial charge in [0.25, 0.3) is 5.91 Å². The summed E-state index contributed by atoms with van der Waals surface area (Å²) in [6, 6.07) is 5.61. The molecule has 1 heterocycles. The molecule has 1 aromatic heterocycles. The average Bonchev–Trinajstić information content (AvgIpc) is 2.85. The monoisotopic (exact) mass is 289 g/mol. The highest BCUT2D eigenvalue weighted by Crippen LogP contribution is 2.19. The van der Waals surface area contributed by atoms with Crippen molar-refractivity contribution >= 4 is 23.6 Å². The first kappa shape index (κ1) is 14.5. The molecule has 0 spiro atoms. The van der Waals surface area contributed by atoms with Gasteiger partial charge in [-0.15, -0.1) is 0 Å². The number of amides is 1. The molecule has 0 fully saturated rings. The normalized spacial score (nSPS) is 10.8. The van der Waals surface area contributed by atoms with E-state index in [0.29, 0.717) is 11.1 Å². The predicted octanol–water partition coefficient (Wildman–Crippen LogP) is 3.08. The molecule has 0 bridgehead atoms. The zero-order valence-electron chi connectivity index (χ0n) is 11.1. The van der Waals surface area contributed by atoms with Crippen LogP contribution in [-0.2, 0) is 4.79 Å². The van der Waals surface area contributed by atoms with E-state index < -0.39 is 17.7 Å². The van der Waals surface area contributed by atoms with Gasteiger partial charge in [-0.2, -0.15) is 0 Å². The highest BCUT2D eigenvalue weighted by atomic mass is 19.1. The van der Waals surface area contributed by atoms with Gasteiger partial charge >= 0.3 is 5.97 Å². The second kappa shape index (κ2) is 6.04. The number of benzene rings is 1. The molecule has 0 radical (unpaired) electrons. The van der Waals surface area contributed by atoms with Gasteiger partial charge in [-0.25, -0.2) is 9.18 Å². The van der Waals surface area contributed by atoms with Crippen LogP contribution in [0.15, 0.2) is 41.0 Å². The number of carbonyl (C=O) groups is 2. The topological polar surface area (TPSA) is 79.5 Å². The van der Waals surface area contributed by atoms with E-state index in [1.54, 1.807) is 13.0 Å². The number of furan rings is 1. The Morgan fingerprint density at radius 1 is 1.33 bits per heavy atom. The molecule has 21 heavy (non-hydrogen) atoms. The molecule has 0 unspecified atom stereocenters. The van der Waals surface area contributed by atoms with E-state index in [9.17, 15) is 14.0 Å². The van der Waals surface area contributed by atoms with Gasteiger partial charge in [0.15, 0.2) is 5.76 Å². The minimum Gasteiger partial charge on any atom is -0.478 e. The fourth-order valence-electron chi connectivity index (χ4n) is 1.69. The van der Waals surface area contributed by atoms with Gasteiger partial charge in [-0.05, 0) is 36.8 Å². The van der Waals surface area contributed by atoms with Crippen molar-refractivity contribution in [3.63, 3.8) is 0 Å². The van der Waals surface area contributed by atoms with Crippen molar-refractivity contribution in [2.45, 2.75) is 6.92 Å². The summed E-state index contributed by atoms with van der Waals surface area (Å²) in [6.07, 6.45) is 3.54. The van der Waals surface area contributed by atoms with E-state index in [-0.39, 0.29) is 11.4 Å². The van der Waals surface area contributed by atoms with Crippen LogP contribution in [0.2, 0.25) is 0 Å². The molecule has 2 rings (SSSR count). The lowest BCUT2D eigenvalue weighted by molar-refractivity contribution is -0.131. The van der Waals surface area contributed by atoms with E-state index in [1.165, 1.54) is 24.5 Å². The van der Waals surface area contributed by atoms with Crippen LogP contribution in [0, 0.1) is 12.7 Å². The Morgan fingerprint density at radius 3 is 2.67 bits per heavy atom. The van der Waals surface area contributed by atoms with Crippen molar-refractivity contribution in [1.29, 1.82) is 0 Å². The lowest BCUT2D eigenvalue weighted by Crippen LogP contribution is -2.13. The van der Waals surface area contributed by atoms with Crippen LogP contribution in [0.25, 0.3) is 6.08 Å². The number of hydrogen-bond donors (Lipinski definition) is 2. The average molecular weight is 289 g/mol. The van der Waals surface area contributed by atoms with Crippen molar-refractivity contribution < 1.29 is 23.5 Å². The molecular formula is C15H12FNO4. The molecule has 108 valence electrons. The Hall–Kier alpha value is -2.89. The summed E-state index contributed by atoms with van der Waals surface area (Å²) in [5.74, 6) is -2.23. The molecule has 0 saturated carbocycles. The zero-order chi connectivity index (χ0) is 15.4. The van der Waals surface area contributed by atoms with E-state index >= 15 is 0 Å².